The largest absolute Gasteiger partial charge is 0.354 e. The Morgan fingerprint density at radius 3 is 2.66 bits per heavy atom. The maximum atomic E-state index is 13.4. The van der Waals surface area contributed by atoms with Gasteiger partial charge in [-0.05, 0) is 37.6 Å². The lowest BCUT2D eigenvalue weighted by Gasteiger charge is -2.45. The molecule has 1 aliphatic carbocycles. The predicted molar refractivity (Wildman–Crippen MR) is 125 cm³/mol. The van der Waals surface area contributed by atoms with Crippen molar-refractivity contribution in [3.05, 3.63) is 23.5 Å². The summed E-state index contributed by atoms with van der Waals surface area (Å²) >= 11 is 0. The van der Waals surface area contributed by atoms with E-state index < -0.39 is 0 Å². The van der Waals surface area contributed by atoms with Crippen LogP contribution in [0.5, 0.6) is 0 Å². The fraction of sp³-hybridized carbons (Fsp3) is 0.720. The fourth-order valence-corrected chi connectivity index (χ4v) is 6.61. The summed E-state index contributed by atoms with van der Waals surface area (Å²) in [6, 6.07) is 1.99. The molecule has 6 rings (SSSR count). The number of piperidine rings is 1. The van der Waals surface area contributed by atoms with Gasteiger partial charge in [0.05, 0.1) is 17.8 Å². The van der Waals surface area contributed by atoms with E-state index in [4.69, 9.17) is 4.98 Å². The van der Waals surface area contributed by atoms with Crippen LogP contribution in [0.3, 0.4) is 0 Å². The van der Waals surface area contributed by atoms with Crippen molar-refractivity contribution < 1.29 is 4.79 Å². The third kappa shape index (κ3) is 3.68. The van der Waals surface area contributed by atoms with Crippen LogP contribution in [0.2, 0.25) is 0 Å². The number of hydrogen-bond acceptors (Lipinski definition) is 5. The second-order valence-corrected chi connectivity index (χ2v) is 10.4. The van der Waals surface area contributed by atoms with Crippen molar-refractivity contribution in [3.63, 3.8) is 0 Å². The molecular weight excluding hydrogens is 400 g/mol. The van der Waals surface area contributed by atoms with Crippen molar-refractivity contribution in [2.45, 2.75) is 57.8 Å². The summed E-state index contributed by atoms with van der Waals surface area (Å²) in [4.78, 5) is 22.9. The molecular formula is C25H36N6O. The third-order valence-electron chi connectivity index (χ3n) is 8.40. The van der Waals surface area contributed by atoms with Crippen molar-refractivity contribution in [2.24, 2.45) is 17.8 Å². The van der Waals surface area contributed by atoms with Crippen molar-refractivity contribution in [3.8, 4) is 0 Å². The molecule has 0 spiro atoms. The molecule has 7 nitrogen and oxygen atoms in total. The molecule has 3 fully saturated rings. The van der Waals surface area contributed by atoms with Crippen LogP contribution in [-0.4, -0.2) is 64.7 Å². The molecule has 1 atom stereocenters. The van der Waals surface area contributed by atoms with E-state index in [2.05, 4.69) is 20.2 Å². The third-order valence-corrected chi connectivity index (χ3v) is 8.40. The minimum absolute atomic E-state index is 0.124. The Morgan fingerprint density at radius 2 is 1.78 bits per heavy atom. The topological polar surface area (TPSA) is 65.8 Å². The Bertz CT molecular complexity index is 974. The standard InChI is InChI=1S/C25H36N6O/c32-25(29-14-4-7-19(15-29)18-5-2-1-3-6-18)20-16-30(17-20)24-21-8-11-26-12-9-22(21)28-23-10-13-27-31(23)24/h10,13,18-20,26H,1-9,11-12,14-17H2. The number of carbonyl (C=O) groups excluding carboxylic acids is 1. The van der Waals surface area contributed by atoms with Crippen molar-refractivity contribution in [2.75, 3.05) is 44.2 Å². The van der Waals surface area contributed by atoms with Crippen LogP contribution in [0.4, 0.5) is 5.82 Å². The summed E-state index contributed by atoms with van der Waals surface area (Å²) in [5, 5.41) is 8.07. The first-order valence-electron chi connectivity index (χ1n) is 12.9. The highest BCUT2D eigenvalue weighted by Gasteiger charge is 2.40. The highest BCUT2D eigenvalue weighted by molar-refractivity contribution is 5.82. The highest BCUT2D eigenvalue weighted by atomic mass is 16.2. The van der Waals surface area contributed by atoms with Crippen molar-refractivity contribution in [1.82, 2.24) is 24.8 Å². The first-order valence-corrected chi connectivity index (χ1v) is 12.9. The second kappa shape index (κ2) is 8.65. The molecule has 32 heavy (non-hydrogen) atoms. The van der Waals surface area contributed by atoms with E-state index in [1.165, 1.54) is 62.0 Å². The molecule has 172 valence electrons. The summed E-state index contributed by atoms with van der Waals surface area (Å²) in [6.07, 6.45) is 13.2. The van der Waals surface area contributed by atoms with E-state index in [1.54, 1.807) is 0 Å². The highest BCUT2D eigenvalue weighted by Crippen LogP contribution is 2.36. The molecule has 2 aromatic heterocycles. The van der Waals surface area contributed by atoms with E-state index in [1.807, 2.05) is 16.8 Å². The molecule has 0 aromatic carbocycles. The number of nitrogens with zero attached hydrogens (tertiary/aromatic N) is 5. The quantitative estimate of drug-likeness (QED) is 0.801. The van der Waals surface area contributed by atoms with Gasteiger partial charge in [-0.1, -0.05) is 32.1 Å². The number of nitrogens with one attached hydrogen (secondary N) is 1. The lowest BCUT2D eigenvalue weighted by molar-refractivity contribution is -0.138. The molecule has 5 heterocycles. The summed E-state index contributed by atoms with van der Waals surface area (Å²) < 4.78 is 1.99. The molecule has 1 unspecified atom stereocenters. The van der Waals surface area contributed by atoms with E-state index in [-0.39, 0.29) is 5.92 Å². The SMILES string of the molecule is O=C(C1CN(c2c3c(nc4ccnn24)CCNCC3)C1)N1CCCC(C2CCCCC2)C1. The van der Waals surface area contributed by atoms with Gasteiger partial charge in [0.15, 0.2) is 5.65 Å². The van der Waals surface area contributed by atoms with Crippen LogP contribution >= 0.6 is 0 Å². The van der Waals surface area contributed by atoms with Gasteiger partial charge in [0.1, 0.15) is 5.82 Å². The Morgan fingerprint density at radius 1 is 0.969 bits per heavy atom. The number of anilines is 1. The van der Waals surface area contributed by atoms with E-state index in [0.717, 1.165) is 69.6 Å². The summed E-state index contributed by atoms with van der Waals surface area (Å²) in [5.41, 5.74) is 3.42. The Labute approximate surface area is 190 Å². The van der Waals surface area contributed by atoms with Crippen LogP contribution in [-0.2, 0) is 17.6 Å². The fourth-order valence-electron chi connectivity index (χ4n) is 6.61. The maximum absolute atomic E-state index is 13.4. The first-order chi connectivity index (χ1) is 15.8. The number of likely N-dealkylation sites (tertiary alicyclic amines) is 1. The molecule has 1 saturated carbocycles. The van der Waals surface area contributed by atoms with Crippen molar-refractivity contribution in [1.29, 1.82) is 0 Å². The smallest absolute Gasteiger partial charge is 0.229 e. The van der Waals surface area contributed by atoms with Gasteiger partial charge in [-0.25, -0.2) is 4.98 Å². The number of amides is 1. The van der Waals surface area contributed by atoms with Crippen LogP contribution in [0.1, 0.15) is 56.2 Å². The molecule has 0 bridgehead atoms. The van der Waals surface area contributed by atoms with Gasteiger partial charge in [0, 0.05) is 50.8 Å². The zero-order chi connectivity index (χ0) is 21.5. The summed E-state index contributed by atoms with van der Waals surface area (Å²) in [6.45, 7) is 5.52. The van der Waals surface area contributed by atoms with Gasteiger partial charge in [-0.2, -0.15) is 9.61 Å². The minimum Gasteiger partial charge on any atom is -0.354 e. The summed E-state index contributed by atoms with van der Waals surface area (Å²) in [7, 11) is 0. The molecule has 3 aliphatic heterocycles. The van der Waals surface area contributed by atoms with Gasteiger partial charge >= 0.3 is 0 Å². The number of hydrogen-bond donors (Lipinski definition) is 1. The normalized spacial score (nSPS) is 25.4. The predicted octanol–water partition coefficient (Wildman–Crippen LogP) is 2.67. The zero-order valence-electron chi connectivity index (χ0n) is 19.1. The minimum atomic E-state index is 0.124. The average Bonchev–Trinajstić information content (AvgIpc) is 3.15. The molecule has 0 radical (unpaired) electrons. The lowest BCUT2D eigenvalue weighted by Crippen LogP contribution is -2.57. The Kier molecular flexibility index (Phi) is 5.53. The first kappa shape index (κ1) is 20.5. The average molecular weight is 437 g/mol. The van der Waals surface area contributed by atoms with E-state index >= 15 is 0 Å². The van der Waals surface area contributed by atoms with Crippen LogP contribution in [0.25, 0.3) is 5.65 Å². The van der Waals surface area contributed by atoms with Gasteiger partial charge in [-0.3, -0.25) is 4.79 Å². The molecule has 1 N–H and O–H groups in total. The van der Waals surface area contributed by atoms with Gasteiger partial charge in [0.25, 0.3) is 0 Å². The zero-order valence-corrected chi connectivity index (χ0v) is 19.1. The molecule has 7 heteroatoms. The van der Waals surface area contributed by atoms with Gasteiger partial charge in [-0.15, -0.1) is 0 Å². The molecule has 2 aromatic rings. The van der Waals surface area contributed by atoms with Crippen LogP contribution in [0.15, 0.2) is 12.3 Å². The van der Waals surface area contributed by atoms with E-state index in [9.17, 15) is 4.79 Å². The lowest BCUT2D eigenvalue weighted by atomic mass is 9.76. The van der Waals surface area contributed by atoms with Gasteiger partial charge < -0.3 is 15.1 Å². The maximum Gasteiger partial charge on any atom is 0.229 e. The van der Waals surface area contributed by atoms with Gasteiger partial charge in [0.2, 0.25) is 5.91 Å². The van der Waals surface area contributed by atoms with Crippen LogP contribution in [0, 0.1) is 17.8 Å². The summed E-state index contributed by atoms with van der Waals surface area (Å²) in [5.74, 6) is 3.27. The number of fused-ring (bicyclic) bond motifs is 2. The molecule has 4 aliphatic rings. The van der Waals surface area contributed by atoms with Crippen molar-refractivity contribution >= 4 is 17.4 Å². The number of aromatic nitrogens is 3. The Hall–Kier alpha value is -2.15. The molecule has 2 saturated heterocycles. The monoisotopic (exact) mass is 436 g/mol. The number of rotatable bonds is 3. The van der Waals surface area contributed by atoms with Crippen LogP contribution < -0.4 is 10.2 Å². The second-order valence-electron chi connectivity index (χ2n) is 10.4. The number of carbonyl (C=O) groups is 1. The molecule has 1 amide bonds. The Balaban J connectivity index is 1.16. The van der Waals surface area contributed by atoms with E-state index in [0.29, 0.717) is 5.91 Å².